The summed E-state index contributed by atoms with van der Waals surface area (Å²) in [6.45, 7) is 0.363. The van der Waals surface area contributed by atoms with Crippen molar-refractivity contribution in [1.82, 2.24) is 4.90 Å². The Morgan fingerprint density at radius 2 is 2.05 bits per heavy atom. The van der Waals surface area contributed by atoms with Crippen LogP contribution in [0.4, 0.5) is 0 Å². The lowest BCUT2D eigenvalue weighted by molar-refractivity contribution is -0.132. The topological polar surface area (TPSA) is 53.3 Å². The third kappa shape index (κ3) is 4.51. The minimum atomic E-state index is -0.151. The number of carbonyl (C=O) groups excluding carboxylic acids is 1. The van der Waals surface area contributed by atoms with Gasteiger partial charge in [-0.25, -0.2) is 0 Å². The van der Waals surface area contributed by atoms with Crippen molar-refractivity contribution in [3.63, 3.8) is 0 Å². The summed E-state index contributed by atoms with van der Waals surface area (Å²) in [5.41, 5.74) is 1.48. The first-order valence-corrected chi connectivity index (χ1v) is 7.07. The molecular weight excluding hydrogens is 300 g/mol. The Kier molecular flexibility index (Phi) is 5.40. The smallest absolute Gasteiger partial charge is 0.260 e. The largest absolute Gasteiger partial charge is 0.484 e. The maximum absolute atomic E-state index is 12.1. The summed E-state index contributed by atoms with van der Waals surface area (Å²) in [5.74, 6) is 0.406. The zero-order valence-electron chi connectivity index (χ0n) is 12.1. The Balaban J connectivity index is 1.90. The minimum Gasteiger partial charge on any atom is -0.484 e. The molecule has 1 amide bonds. The van der Waals surface area contributed by atoms with E-state index in [0.29, 0.717) is 22.9 Å². The average Bonchev–Trinajstić information content (AvgIpc) is 2.52. The highest BCUT2D eigenvalue weighted by Crippen LogP contribution is 2.17. The second kappa shape index (κ2) is 7.48. The Morgan fingerprint density at radius 3 is 2.77 bits per heavy atom. The first-order chi connectivity index (χ1) is 10.6. The van der Waals surface area contributed by atoms with Gasteiger partial charge in [0.05, 0.1) is 11.6 Å². The van der Waals surface area contributed by atoms with E-state index in [9.17, 15) is 4.79 Å². The number of carbonyl (C=O) groups is 1. The molecule has 0 aliphatic carbocycles. The van der Waals surface area contributed by atoms with Crippen molar-refractivity contribution in [2.75, 3.05) is 13.7 Å². The molecule has 0 bridgehead atoms. The molecule has 4 nitrogen and oxygen atoms in total. The lowest BCUT2D eigenvalue weighted by Crippen LogP contribution is -2.30. The number of nitriles is 1. The van der Waals surface area contributed by atoms with E-state index in [1.807, 2.05) is 6.07 Å². The van der Waals surface area contributed by atoms with Crippen molar-refractivity contribution in [1.29, 1.82) is 5.26 Å². The number of hydrogen-bond acceptors (Lipinski definition) is 3. The molecule has 0 N–H and O–H groups in total. The van der Waals surface area contributed by atoms with Crippen molar-refractivity contribution in [2.24, 2.45) is 0 Å². The SMILES string of the molecule is CN(Cc1cccc(C#N)c1)C(=O)COc1cccc(Cl)c1. The molecule has 22 heavy (non-hydrogen) atoms. The zero-order valence-corrected chi connectivity index (χ0v) is 12.9. The molecular formula is C17H15ClN2O2. The molecule has 0 heterocycles. The average molecular weight is 315 g/mol. The van der Waals surface area contributed by atoms with Gasteiger partial charge in [-0.2, -0.15) is 5.26 Å². The molecule has 0 fully saturated rings. The number of hydrogen-bond donors (Lipinski definition) is 0. The summed E-state index contributed by atoms with van der Waals surface area (Å²) < 4.78 is 5.42. The lowest BCUT2D eigenvalue weighted by atomic mass is 10.1. The molecule has 2 rings (SSSR count). The van der Waals surface area contributed by atoms with Crippen LogP contribution in [0, 0.1) is 11.3 Å². The molecule has 0 saturated carbocycles. The highest BCUT2D eigenvalue weighted by molar-refractivity contribution is 6.30. The first-order valence-electron chi connectivity index (χ1n) is 6.70. The normalized spacial score (nSPS) is 9.86. The van der Waals surface area contributed by atoms with Crippen molar-refractivity contribution >= 4 is 17.5 Å². The number of benzene rings is 2. The zero-order chi connectivity index (χ0) is 15.9. The van der Waals surface area contributed by atoms with E-state index in [-0.39, 0.29) is 12.5 Å². The van der Waals surface area contributed by atoms with Gasteiger partial charge < -0.3 is 9.64 Å². The molecule has 0 saturated heterocycles. The van der Waals surface area contributed by atoms with Gasteiger partial charge >= 0.3 is 0 Å². The van der Waals surface area contributed by atoms with Crippen LogP contribution < -0.4 is 4.74 Å². The number of halogens is 1. The van der Waals surface area contributed by atoms with Crippen molar-refractivity contribution < 1.29 is 9.53 Å². The number of ether oxygens (including phenoxy) is 1. The summed E-state index contributed by atoms with van der Waals surface area (Å²) in [6, 6.07) is 16.2. The number of nitrogens with zero attached hydrogens (tertiary/aromatic N) is 2. The van der Waals surface area contributed by atoms with Crippen molar-refractivity contribution in [2.45, 2.75) is 6.54 Å². The van der Waals surface area contributed by atoms with Crippen LogP contribution in [-0.2, 0) is 11.3 Å². The van der Waals surface area contributed by atoms with Crippen LogP contribution in [0.5, 0.6) is 5.75 Å². The summed E-state index contributed by atoms with van der Waals surface area (Å²) in [5, 5.41) is 9.44. The third-order valence-corrected chi connectivity index (χ3v) is 3.30. The molecule has 0 aliphatic heterocycles. The number of amides is 1. The molecule has 0 radical (unpaired) electrons. The second-order valence-electron chi connectivity index (χ2n) is 4.81. The Bertz CT molecular complexity index is 710. The van der Waals surface area contributed by atoms with E-state index in [2.05, 4.69) is 6.07 Å². The van der Waals surface area contributed by atoms with E-state index in [4.69, 9.17) is 21.6 Å². The maximum atomic E-state index is 12.1. The Morgan fingerprint density at radius 1 is 1.27 bits per heavy atom. The summed E-state index contributed by atoms with van der Waals surface area (Å²) >= 11 is 5.86. The van der Waals surface area contributed by atoms with Gasteiger partial charge in [0, 0.05) is 18.6 Å². The van der Waals surface area contributed by atoms with Gasteiger partial charge in [0.15, 0.2) is 6.61 Å². The fourth-order valence-electron chi connectivity index (χ4n) is 1.91. The van der Waals surface area contributed by atoms with E-state index in [1.54, 1.807) is 54.4 Å². The van der Waals surface area contributed by atoms with Crippen LogP contribution in [0.1, 0.15) is 11.1 Å². The summed E-state index contributed by atoms with van der Waals surface area (Å²) in [6.07, 6.45) is 0. The molecule has 2 aromatic rings. The van der Waals surface area contributed by atoms with E-state index >= 15 is 0 Å². The molecule has 0 aliphatic rings. The van der Waals surface area contributed by atoms with Gasteiger partial charge in [-0.15, -0.1) is 0 Å². The summed E-state index contributed by atoms with van der Waals surface area (Å²) in [4.78, 5) is 13.6. The minimum absolute atomic E-state index is 0.0607. The van der Waals surface area contributed by atoms with Crippen LogP contribution in [0.2, 0.25) is 5.02 Å². The monoisotopic (exact) mass is 314 g/mol. The molecule has 2 aromatic carbocycles. The Hall–Kier alpha value is -2.51. The van der Waals surface area contributed by atoms with Crippen LogP contribution in [0.3, 0.4) is 0 Å². The molecule has 0 unspecified atom stereocenters. The fourth-order valence-corrected chi connectivity index (χ4v) is 2.09. The van der Waals surface area contributed by atoms with Crippen molar-refractivity contribution in [3.05, 3.63) is 64.7 Å². The fraction of sp³-hybridized carbons (Fsp3) is 0.176. The highest BCUT2D eigenvalue weighted by Gasteiger charge is 2.10. The highest BCUT2D eigenvalue weighted by atomic mass is 35.5. The first kappa shape index (κ1) is 15.9. The Labute approximate surface area is 134 Å². The maximum Gasteiger partial charge on any atom is 0.260 e. The number of likely N-dealkylation sites (N-methyl/N-ethyl adjacent to an activating group) is 1. The predicted octanol–water partition coefficient (Wildman–Crippen LogP) is 3.25. The molecule has 0 aromatic heterocycles. The van der Waals surface area contributed by atoms with Gasteiger partial charge in [-0.1, -0.05) is 29.8 Å². The molecule has 0 spiro atoms. The van der Waals surface area contributed by atoms with Gasteiger partial charge in [0.2, 0.25) is 0 Å². The molecule has 112 valence electrons. The van der Waals surface area contributed by atoms with E-state index in [1.165, 1.54) is 0 Å². The lowest BCUT2D eigenvalue weighted by Gasteiger charge is -2.17. The van der Waals surface area contributed by atoms with Crippen LogP contribution in [0.25, 0.3) is 0 Å². The van der Waals surface area contributed by atoms with Crippen LogP contribution in [-0.4, -0.2) is 24.5 Å². The van der Waals surface area contributed by atoms with Crippen molar-refractivity contribution in [3.8, 4) is 11.8 Å². The van der Waals surface area contributed by atoms with E-state index < -0.39 is 0 Å². The van der Waals surface area contributed by atoms with Gasteiger partial charge in [-0.05, 0) is 35.9 Å². The second-order valence-corrected chi connectivity index (χ2v) is 5.24. The van der Waals surface area contributed by atoms with Gasteiger partial charge in [0.25, 0.3) is 5.91 Å². The summed E-state index contributed by atoms with van der Waals surface area (Å²) in [7, 11) is 1.70. The quantitative estimate of drug-likeness (QED) is 0.851. The van der Waals surface area contributed by atoms with Crippen LogP contribution >= 0.6 is 11.6 Å². The van der Waals surface area contributed by atoms with Gasteiger partial charge in [-0.3, -0.25) is 4.79 Å². The van der Waals surface area contributed by atoms with Gasteiger partial charge in [0.1, 0.15) is 5.75 Å². The standard InChI is InChI=1S/C17H15ClN2O2/c1-20(11-14-5-2-4-13(8-14)10-19)17(21)12-22-16-7-3-6-15(18)9-16/h2-9H,11-12H2,1H3. The van der Waals surface area contributed by atoms with Crippen LogP contribution in [0.15, 0.2) is 48.5 Å². The third-order valence-electron chi connectivity index (χ3n) is 3.06. The molecule has 5 heteroatoms. The van der Waals surface area contributed by atoms with E-state index in [0.717, 1.165) is 5.56 Å². The predicted molar refractivity (Wildman–Crippen MR) is 84.6 cm³/mol. The number of rotatable bonds is 5. The molecule has 0 atom stereocenters.